The Morgan fingerprint density at radius 3 is 2.69 bits per heavy atom. The van der Waals surface area contributed by atoms with E-state index in [1.807, 2.05) is 22.6 Å². The highest BCUT2D eigenvalue weighted by molar-refractivity contribution is 14.1. The minimum atomic E-state index is -0.248. The Kier molecular flexibility index (Phi) is 2.87. The largest absolute Gasteiger partial charge is 0.206 e. The van der Waals surface area contributed by atoms with Crippen molar-refractivity contribution in [2.45, 2.75) is 18.8 Å². The molecule has 1 aliphatic carbocycles. The Morgan fingerprint density at radius 1 is 1.54 bits per heavy atom. The van der Waals surface area contributed by atoms with Gasteiger partial charge in [0.1, 0.15) is 5.82 Å². The van der Waals surface area contributed by atoms with Gasteiger partial charge in [0, 0.05) is 9.50 Å². The maximum absolute atomic E-state index is 13.2. The first-order valence-corrected chi connectivity index (χ1v) is 6.19. The monoisotopic (exact) mass is 374 g/mol. The Balaban J connectivity index is 2.60. The average Bonchev–Trinajstić information content (AvgIpc) is 2.84. The van der Waals surface area contributed by atoms with Crippen LogP contribution in [0.15, 0.2) is 10.5 Å². The molecule has 13 heavy (non-hydrogen) atoms. The molecule has 1 fully saturated rings. The van der Waals surface area contributed by atoms with Gasteiger partial charge in [-0.2, -0.15) is 0 Å². The fourth-order valence-electron chi connectivity index (χ4n) is 1.33. The molecule has 0 radical (unpaired) electrons. The Morgan fingerprint density at radius 2 is 2.15 bits per heavy atom. The van der Waals surface area contributed by atoms with Gasteiger partial charge in [-0.25, -0.2) is 4.39 Å². The van der Waals surface area contributed by atoms with Crippen molar-refractivity contribution in [3.8, 4) is 0 Å². The summed E-state index contributed by atoms with van der Waals surface area (Å²) in [7, 11) is 0. The molecule has 2 rings (SSSR count). The van der Waals surface area contributed by atoms with Crippen LogP contribution in [0.1, 0.15) is 24.3 Å². The van der Waals surface area contributed by atoms with Crippen LogP contribution in [-0.4, -0.2) is 0 Å². The van der Waals surface area contributed by atoms with E-state index in [-0.39, 0.29) is 5.82 Å². The van der Waals surface area contributed by atoms with Crippen molar-refractivity contribution in [2.75, 3.05) is 0 Å². The number of hydrogen-bond donors (Lipinski definition) is 0. The molecule has 0 unspecified atom stereocenters. The third-order valence-corrected chi connectivity index (χ3v) is 5.07. The van der Waals surface area contributed by atoms with Crippen LogP contribution in [0.3, 0.4) is 0 Å². The molecule has 0 aliphatic heterocycles. The van der Waals surface area contributed by atoms with Gasteiger partial charge in [0.05, 0.1) is 3.57 Å². The summed E-state index contributed by atoms with van der Waals surface area (Å²) in [6.45, 7) is 0. The number of hydrogen-bond acceptors (Lipinski definition) is 0. The van der Waals surface area contributed by atoms with Crippen LogP contribution in [0.2, 0.25) is 5.02 Å². The van der Waals surface area contributed by atoms with E-state index in [1.165, 1.54) is 18.9 Å². The summed E-state index contributed by atoms with van der Waals surface area (Å²) < 4.78 is 14.6. The summed E-state index contributed by atoms with van der Waals surface area (Å²) in [4.78, 5) is 0. The molecule has 0 nitrogen and oxygen atoms in total. The summed E-state index contributed by atoms with van der Waals surface area (Å²) in [5.74, 6) is 0.290. The Bertz CT molecular complexity index is 363. The normalized spacial score (nSPS) is 16.3. The summed E-state index contributed by atoms with van der Waals surface area (Å²) in [6.07, 6.45) is 2.33. The van der Waals surface area contributed by atoms with Gasteiger partial charge in [-0.3, -0.25) is 0 Å². The van der Waals surface area contributed by atoms with Crippen LogP contribution >= 0.6 is 50.1 Å². The molecule has 0 N–H and O–H groups in total. The molecule has 1 aromatic rings. The second-order valence-corrected chi connectivity index (χ2v) is 5.44. The molecule has 70 valence electrons. The SMILES string of the molecule is Fc1cc(Cl)c(C2CC2)c(Br)c1I. The highest BCUT2D eigenvalue weighted by Crippen LogP contribution is 2.48. The standard InChI is InChI=1S/C9H6BrClFI/c10-8-7(4-1-2-4)5(11)3-6(12)9(8)13/h3-4H,1-2H2. The number of benzene rings is 1. The molecule has 0 aromatic heterocycles. The molecule has 0 heterocycles. The smallest absolute Gasteiger partial charge is 0.139 e. The molecule has 1 saturated carbocycles. The van der Waals surface area contributed by atoms with Gasteiger partial charge >= 0.3 is 0 Å². The molecule has 4 heteroatoms. The van der Waals surface area contributed by atoms with E-state index in [9.17, 15) is 4.39 Å². The minimum absolute atomic E-state index is 0.248. The fourth-order valence-corrected chi connectivity index (χ4v) is 2.96. The number of halogens is 4. The summed E-state index contributed by atoms with van der Waals surface area (Å²) in [6, 6.07) is 1.40. The second-order valence-electron chi connectivity index (χ2n) is 3.16. The van der Waals surface area contributed by atoms with Crippen molar-refractivity contribution in [3.05, 3.63) is 30.5 Å². The Hall–Kier alpha value is 0.650. The number of rotatable bonds is 1. The predicted molar refractivity (Wildman–Crippen MR) is 63.8 cm³/mol. The lowest BCUT2D eigenvalue weighted by atomic mass is 10.1. The lowest BCUT2D eigenvalue weighted by molar-refractivity contribution is 0.618. The summed E-state index contributed by atoms with van der Waals surface area (Å²) in [5, 5.41) is 0.548. The van der Waals surface area contributed by atoms with Gasteiger partial charge in [-0.1, -0.05) is 11.6 Å². The fraction of sp³-hybridized carbons (Fsp3) is 0.333. The van der Waals surface area contributed by atoms with Crippen molar-refractivity contribution in [1.82, 2.24) is 0 Å². The van der Waals surface area contributed by atoms with Crippen LogP contribution in [0.5, 0.6) is 0 Å². The first-order chi connectivity index (χ1) is 6.11. The second kappa shape index (κ2) is 3.66. The summed E-state index contributed by atoms with van der Waals surface area (Å²) >= 11 is 11.4. The zero-order valence-electron chi connectivity index (χ0n) is 6.58. The quantitative estimate of drug-likeness (QED) is 0.378. The highest BCUT2D eigenvalue weighted by atomic mass is 127. The van der Waals surface area contributed by atoms with Crippen LogP contribution in [0.25, 0.3) is 0 Å². The maximum atomic E-state index is 13.2. The van der Waals surface area contributed by atoms with E-state index in [4.69, 9.17) is 11.6 Å². The van der Waals surface area contributed by atoms with E-state index < -0.39 is 0 Å². The first-order valence-electron chi connectivity index (χ1n) is 3.94. The van der Waals surface area contributed by atoms with Crippen LogP contribution in [0, 0.1) is 9.39 Å². The summed E-state index contributed by atoms with van der Waals surface area (Å²) in [5.41, 5.74) is 1.08. The molecule has 0 atom stereocenters. The van der Waals surface area contributed by atoms with E-state index in [0.717, 1.165) is 10.0 Å². The topological polar surface area (TPSA) is 0 Å². The van der Waals surface area contributed by atoms with E-state index in [2.05, 4.69) is 15.9 Å². The third-order valence-electron chi connectivity index (χ3n) is 2.14. The van der Waals surface area contributed by atoms with Crippen molar-refractivity contribution in [1.29, 1.82) is 0 Å². The predicted octanol–water partition coefficient (Wildman–Crippen LogP) is 4.72. The van der Waals surface area contributed by atoms with Crippen LogP contribution in [-0.2, 0) is 0 Å². The molecule has 1 aromatic carbocycles. The van der Waals surface area contributed by atoms with Gasteiger partial charge in [0.2, 0.25) is 0 Å². The molecular weight excluding hydrogens is 369 g/mol. The zero-order chi connectivity index (χ0) is 9.59. The van der Waals surface area contributed by atoms with Crippen LogP contribution < -0.4 is 0 Å². The zero-order valence-corrected chi connectivity index (χ0v) is 11.1. The van der Waals surface area contributed by atoms with Gasteiger partial charge < -0.3 is 0 Å². The molecule has 0 bridgehead atoms. The molecule has 1 aliphatic rings. The van der Waals surface area contributed by atoms with Crippen LogP contribution in [0.4, 0.5) is 4.39 Å². The maximum Gasteiger partial charge on any atom is 0.139 e. The van der Waals surface area contributed by atoms with Gasteiger partial charge in [-0.15, -0.1) is 0 Å². The lowest BCUT2D eigenvalue weighted by Gasteiger charge is -2.08. The van der Waals surface area contributed by atoms with E-state index in [1.54, 1.807) is 0 Å². The molecular formula is C9H6BrClFI. The Labute approximate surface area is 103 Å². The van der Waals surface area contributed by atoms with E-state index in [0.29, 0.717) is 14.5 Å². The molecule has 0 amide bonds. The van der Waals surface area contributed by atoms with Crippen molar-refractivity contribution in [2.24, 2.45) is 0 Å². The van der Waals surface area contributed by atoms with Crippen molar-refractivity contribution in [3.63, 3.8) is 0 Å². The molecule has 0 saturated heterocycles. The van der Waals surface area contributed by atoms with Crippen molar-refractivity contribution >= 4 is 50.1 Å². The first kappa shape index (κ1) is 10.2. The van der Waals surface area contributed by atoms with E-state index >= 15 is 0 Å². The highest BCUT2D eigenvalue weighted by Gasteiger charge is 2.29. The average molecular weight is 375 g/mol. The third kappa shape index (κ3) is 1.88. The minimum Gasteiger partial charge on any atom is -0.206 e. The lowest BCUT2D eigenvalue weighted by Crippen LogP contribution is -1.92. The van der Waals surface area contributed by atoms with Gasteiger partial charge in [0.15, 0.2) is 0 Å². The van der Waals surface area contributed by atoms with Gasteiger partial charge in [-0.05, 0) is 68.9 Å². The van der Waals surface area contributed by atoms with Gasteiger partial charge in [0.25, 0.3) is 0 Å². The van der Waals surface area contributed by atoms with Crippen molar-refractivity contribution < 1.29 is 4.39 Å². The molecule has 0 spiro atoms.